The quantitative estimate of drug-likeness (QED) is 0.559. The zero-order valence-corrected chi connectivity index (χ0v) is 17.0. The molecule has 2 N–H and O–H groups in total. The summed E-state index contributed by atoms with van der Waals surface area (Å²) in [5.74, 6) is 1.27. The first kappa shape index (κ1) is 20.4. The molecular formula is C20H36N4O3. The van der Waals surface area contributed by atoms with Crippen LogP contribution in [0.3, 0.4) is 0 Å². The topological polar surface area (TPSA) is 75.2 Å². The van der Waals surface area contributed by atoms with Gasteiger partial charge in [-0.05, 0) is 32.1 Å². The molecule has 2 saturated heterocycles. The van der Waals surface area contributed by atoms with Gasteiger partial charge >= 0.3 is 0 Å². The molecular weight excluding hydrogens is 344 g/mol. The molecule has 0 aromatic heterocycles. The summed E-state index contributed by atoms with van der Waals surface area (Å²) < 4.78 is 11.7. The van der Waals surface area contributed by atoms with E-state index in [0.717, 1.165) is 51.6 Å². The third-order valence-electron chi connectivity index (χ3n) is 6.05. The highest BCUT2D eigenvalue weighted by atomic mass is 16.5. The summed E-state index contributed by atoms with van der Waals surface area (Å²) >= 11 is 0. The molecule has 0 aromatic rings. The first-order valence-corrected chi connectivity index (χ1v) is 10.5. The lowest BCUT2D eigenvalue weighted by Crippen LogP contribution is -2.52. The van der Waals surface area contributed by atoms with Crippen molar-refractivity contribution in [2.75, 3.05) is 47.0 Å². The molecule has 7 nitrogen and oxygen atoms in total. The van der Waals surface area contributed by atoms with Crippen molar-refractivity contribution in [2.24, 2.45) is 10.9 Å². The Bertz CT molecular complexity index is 506. The highest BCUT2D eigenvalue weighted by Gasteiger charge is 2.38. The molecule has 0 bridgehead atoms. The van der Waals surface area contributed by atoms with Gasteiger partial charge in [-0.3, -0.25) is 4.79 Å². The van der Waals surface area contributed by atoms with Gasteiger partial charge in [0.1, 0.15) is 6.54 Å². The molecule has 7 heteroatoms. The van der Waals surface area contributed by atoms with Crippen molar-refractivity contribution in [1.29, 1.82) is 0 Å². The molecule has 1 aliphatic carbocycles. The Labute approximate surface area is 163 Å². The third-order valence-corrected chi connectivity index (χ3v) is 6.05. The average Bonchev–Trinajstić information content (AvgIpc) is 3.18. The number of nitrogens with one attached hydrogen (secondary N) is 2. The van der Waals surface area contributed by atoms with Crippen LogP contribution in [0, 0.1) is 5.92 Å². The van der Waals surface area contributed by atoms with E-state index in [1.54, 1.807) is 19.0 Å². The van der Waals surface area contributed by atoms with Gasteiger partial charge in [-0.2, -0.15) is 0 Å². The molecule has 3 aliphatic rings. The number of carbonyl (C=O) groups excluding carboxylic acids is 1. The minimum Gasteiger partial charge on any atom is -0.381 e. The second-order valence-electron chi connectivity index (χ2n) is 8.49. The molecule has 1 spiro atoms. The van der Waals surface area contributed by atoms with Crippen LogP contribution in [0.4, 0.5) is 0 Å². The van der Waals surface area contributed by atoms with Crippen LogP contribution in [0.15, 0.2) is 4.99 Å². The second kappa shape index (κ2) is 9.73. The van der Waals surface area contributed by atoms with E-state index in [-0.39, 0.29) is 18.1 Å². The fraction of sp³-hybridized carbons (Fsp3) is 0.900. The number of ether oxygens (including phenoxy) is 2. The van der Waals surface area contributed by atoms with Gasteiger partial charge in [0.15, 0.2) is 5.96 Å². The standard InChI is InChI=1S/C20H36N4O3/c1-24(2)18(25)14-22-19(21-13-16-6-10-26-15-16)23-17-7-11-27-20(12-17)8-4-3-5-9-20/h16-17H,3-15H2,1-2H3,(H2,21,22,23). The summed E-state index contributed by atoms with van der Waals surface area (Å²) in [6, 6.07) is 0.345. The summed E-state index contributed by atoms with van der Waals surface area (Å²) in [5, 5.41) is 7.04. The summed E-state index contributed by atoms with van der Waals surface area (Å²) in [6.45, 7) is 3.44. The predicted molar refractivity (Wildman–Crippen MR) is 106 cm³/mol. The molecule has 2 aliphatic heterocycles. The van der Waals surface area contributed by atoms with Gasteiger partial charge in [-0.15, -0.1) is 0 Å². The zero-order chi connectivity index (χ0) is 19.1. The molecule has 154 valence electrons. The van der Waals surface area contributed by atoms with Crippen molar-refractivity contribution in [3.05, 3.63) is 0 Å². The molecule has 3 fully saturated rings. The van der Waals surface area contributed by atoms with Crippen molar-refractivity contribution in [2.45, 2.75) is 63.0 Å². The summed E-state index contributed by atoms with van der Waals surface area (Å²) in [5.41, 5.74) is 0.0536. The number of amides is 1. The second-order valence-corrected chi connectivity index (χ2v) is 8.49. The predicted octanol–water partition coefficient (Wildman–Crippen LogP) is 1.53. The number of likely N-dealkylation sites (N-methyl/N-ethyl adjacent to an activating group) is 1. The van der Waals surface area contributed by atoms with E-state index >= 15 is 0 Å². The Hall–Kier alpha value is -1.34. The Morgan fingerprint density at radius 3 is 2.70 bits per heavy atom. The van der Waals surface area contributed by atoms with E-state index in [2.05, 4.69) is 15.6 Å². The van der Waals surface area contributed by atoms with E-state index in [0.29, 0.717) is 12.0 Å². The number of hydrogen-bond donors (Lipinski definition) is 2. The van der Waals surface area contributed by atoms with E-state index in [1.165, 1.54) is 32.1 Å². The van der Waals surface area contributed by atoms with Crippen molar-refractivity contribution in [3.63, 3.8) is 0 Å². The lowest BCUT2D eigenvalue weighted by Gasteiger charge is -2.44. The maximum Gasteiger partial charge on any atom is 0.243 e. The largest absolute Gasteiger partial charge is 0.381 e. The van der Waals surface area contributed by atoms with Gasteiger partial charge in [-0.25, -0.2) is 4.99 Å². The van der Waals surface area contributed by atoms with Gasteiger partial charge in [0, 0.05) is 45.8 Å². The monoisotopic (exact) mass is 380 g/mol. The Morgan fingerprint density at radius 2 is 2.00 bits per heavy atom. The highest BCUT2D eigenvalue weighted by Crippen LogP contribution is 2.38. The molecule has 2 atom stereocenters. The minimum absolute atomic E-state index is 0.0102. The number of aliphatic imine (C=N–C) groups is 1. The van der Waals surface area contributed by atoms with E-state index in [4.69, 9.17) is 9.47 Å². The lowest BCUT2D eigenvalue weighted by molar-refractivity contribution is -0.127. The Balaban J connectivity index is 1.58. The minimum atomic E-state index is 0.0102. The molecule has 1 saturated carbocycles. The van der Waals surface area contributed by atoms with Crippen molar-refractivity contribution in [1.82, 2.24) is 15.5 Å². The molecule has 0 radical (unpaired) electrons. The Morgan fingerprint density at radius 1 is 1.19 bits per heavy atom. The summed E-state index contributed by atoms with van der Waals surface area (Å²) in [4.78, 5) is 18.1. The zero-order valence-electron chi connectivity index (χ0n) is 17.0. The number of nitrogens with zero attached hydrogens (tertiary/aromatic N) is 2. The maximum absolute atomic E-state index is 12.0. The van der Waals surface area contributed by atoms with Crippen LogP contribution in [-0.2, 0) is 14.3 Å². The van der Waals surface area contributed by atoms with Crippen LogP contribution in [-0.4, -0.2) is 75.4 Å². The SMILES string of the molecule is CN(C)C(=O)CN=C(NCC1CCOC1)NC1CCOC2(CCCCC2)C1. The van der Waals surface area contributed by atoms with E-state index in [9.17, 15) is 4.79 Å². The van der Waals surface area contributed by atoms with Crippen LogP contribution >= 0.6 is 0 Å². The van der Waals surface area contributed by atoms with Crippen molar-refractivity contribution >= 4 is 11.9 Å². The number of hydrogen-bond acceptors (Lipinski definition) is 4. The van der Waals surface area contributed by atoms with Crippen LogP contribution < -0.4 is 10.6 Å². The molecule has 27 heavy (non-hydrogen) atoms. The molecule has 2 unspecified atom stereocenters. The van der Waals surface area contributed by atoms with Crippen molar-refractivity contribution in [3.8, 4) is 0 Å². The van der Waals surface area contributed by atoms with Gasteiger partial charge < -0.3 is 25.0 Å². The van der Waals surface area contributed by atoms with Gasteiger partial charge in [0.25, 0.3) is 0 Å². The van der Waals surface area contributed by atoms with Crippen LogP contribution in [0.2, 0.25) is 0 Å². The maximum atomic E-state index is 12.0. The smallest absolute Gasteiger partial charge is 0.243 e. The number of guanidine groups is 1. The summed E-state index contributed by atoms with van der Waals surface area (Å²) in [7, 11) is 3.53. The van der Waals surface area contributed by atoms with Gasteiger partial charge in [-0.1, -0.05) is 19.3 Å². The molecule has 1 amide bonds. The van der Waals surface area contributed by atoms with Crippen LogP contribution in [0.25, 0.3) is 0 Å². The number of carbonyl (C=O) groups is 1. The van der Waals surface area contributed by atoms with E-state index in [1.807, 2.05) is 0 Å². The highest BCUT2D eigenvalue weighted by molar-refractivity contribution is 5.84. The third kappa shape index (κ3) is 6.07. The van der Waals surface area contributed by atoms with E-state index < -0.39 is 0 Å². The fourth-order valence-electron chi connectivity index (χ4n) is 4.31. The van der Waals surface area contributed by atoms with Crippen molar-refractivity contribution < 1.29 is 14.3 Å². The molecule has 3 rings (SSSR count). The number of rotatable bonds is 5. The van der Waals surface area contributed by atoms with Gasteiger partial charge in [0.2, 0.25) is 5.91 Å². The normalized spacial score (nSPS) is 28.1. The first-order valence-electron chi connectivity index (χ1n) is 10.5. The average molecular weight is 381 g/mol. The Kier molecular flexibility index (Phi) is 7.35. The summed E-state index contributed by atoms with van der Waals surface area (Å²) in [6.07, 6.45) is 9.30. The molecule has 0 aromatic carbocycles. The van der Waals surface area contributed by atoms with Gasteiger partial charge in [0.05, 0.1) is 12.2 Å². The van der Waals surface area contributed by atoms with Crippen LogP contribution in [0.5, 0.6) is 0 Å². The lowest BCUT2D eigenvalue weighted by atomic mass is 9.78. The molecule has 2 heterocycles. The fourth-order valence-corrected chi connectivity index (χ4v) is 4.31. The first-order chi connectivity index (χ1) is 13.1. The van der Waals surface area contributed by atoms with Crippen LogP contribution in [0.1, 0.15) is 51.4 Å².